The number of likely N-dealkylation sites (tertiary alicyclic amines) is 1. The number of carbonyl (C=O) groups is 1. The number of amides is 1. The second-order valence-corrected chi connectivity index (χ2v) is 11.7. The molecular formula is C35H41N5O5. The molecule has 2 N–H and O–H groups in total. The average Bonchev–Trinajstić information content (AvgIpc) is 3.06. The van der Waals surface area contributed by atoms with E-state index in [9.17, 15) is 4.79 Å². The van der Waals surface area contributed by atoms with Crippen LogP contribution in [0.15, 0.2) is 58.5 Å². The monoisotopic (exact) mass is 611 g/mol. The van der Waals surface area contributed by atoms with E-state index in [1.54, 1.807) is 33.5 Å². The molecule has 0 bridgehead atoms. The molecule has 3 aromatic carbocycles. The molecule has 6 rings (SSSR count). The van der Waals surface area contributed by atoms with E-state index in [0.717, 1.165) is 54.1 Å². The Bertz CT molecular complexity index is 1650. The first-order valence-electron chi connectivity index (χ1n) is 15.4. The number of carbonyl (C=O) groups excluding carboxylic acids is 1. The molecule has 45 heavy (non-hydrogen) atoms. The summed E-state index contributed by atoms with van der Waals surface area (Å²) in [6.07, 6.45) is 1.74. The number of aliphatic imine (C=N–C) groups is 2. The van der Waals surface area contributed by atoms with Crippen molar-refractivity contribution in [2.45, 2.75) is 38.3 Å². The predicted molar refractivity (Wildman–Crippen MR) is 174 cm³/mol. The van der Waals surface area contributed by atoms with Gasteiger partial charge in [0.2, 0.25) is 0 Å². The van der Waals surface area contributed by atoms with E-state index < -0.39 is 0 Å². The molecule has 3 aromatic rings. The smallest absolute Gasteiger partial charge is 0.280 e. The van der Waals surface area contributed by atoms with Crippen LogP contribution < -0.4 is 24.7 Å². The average molecular weight is 612 g/mol. The number of guanidine groups is 1. The Morgan fingerprint density at radius 2 is 1.64 bits per heavy atom. The van der Waals surface area contributed by atoms with Crippen molar-refractivity contribution in [1.82, 2.24) is 9.80 Å². The first-order chi connectivity index (χ1) is 21.8. The van der Waals surface area contributed by atoms with Crippen molar-refractivity contribution < 1.29 is 23.7 Å². The van der Waals surface area contributed by atoms with Gasteiger partial charge < -0.3 is 34.5 Å². The minimum Gasteiger partial charge on any atom is -0.493 e. The van der Waals surface area contributed by atoms with Gasteiger partial charge in [-0.1, -0.05) is 12.1 Å². The molecule has 0 spiro atoms. The number of piperidine rings is 1. The van der Waals surface area contributed by atoms with Crippen LogP contribution in [0.1, 0.15) is 57.4 Å². The first-order valence-corrected chi connectivity index (χ1v) is 15.4. The topological polar surface area (TPSA) is 111 Å². The lowest BCUT2D eigenvalue weighted by Crippen LogP contribution is -2.41. The number of nitrogens with two attached hydrogens (primary N) is 1. The number of hydrogen-bond acceptors (Lipinski definition) is 7. The first kappa shape index (κ1) is 30.5. The van der Waals surface area contributed by atoms with Gasteiger partial charge in [-0.05, 0) is 86.4 Å². The second kappa shape index (κ2) is 12.8. The molecule has 1 fully saturated rings. The lowest BCUT2D eigenvalue weighted by atomic mass is 9.79. The van der Waals surface area contributed by atoms with Gasteiger partial charge in [-0.3, -0.25) is 9.79 Å². The number of methoxy groups -OCH3 is 3. The molecule has 0 aliphatic carbocycles. The summed E-state index contributed by atoms with van der Waals surface area (Å²) in [4.78, 5) is 27.0. The van der Waals surface area contributed by atoms with E-state index in [0.29, 0.717) is 42.5 Å². The maximum Gasteiger partial charge on any atom is 0.280 e. The number of nitrogens with zero attached hydrogens (tertiary/aromatic N) is 4. The molecule has 2 atom stereocenters. The Morgan fingerprint density at radius 3 is 2.33 bits per heavy atom. The van der Waals surface area contributed by atoms with Crippen molar-refractivity contribution in [1.29, 1.82) is 0 Å². The van der Waals surface area contributed by atoms with Crippen LogP contribution in [0, 0.1) is 0 Å². The molecule has 0 aromatic heterocycles. The number of benzene rings is 3. The molecule has 10 nitrogen and oxygen atoms in total. The quantitative estimate of drug-likeness (QED) is 0.312. The van der Waals surface area contributed by atoms with Gasteiger partial charge in [-0.2, -0.15) is 4.99 Å². The third-order valence-electron chi connectivity index (χ3n) is 9.03. The van der Waals surface area contributed by atoms with E-state index in [4.69, 9.17) is 29.7 Å². The number of fused-ring (bicyclic) bond motifs is 4. The SMILES string of the molecule is CCOc1cc2c(cc1OC)C(c1ccc(C(=O)N=C(N)N3CCc4cc(OC)c(OC)cc4C3)cc1)=NC1CCN(C)CC21. The molecule has 3 heterocycles. The minimum atomic E-state index is -0.387. The molecule has 0 saturated carbocycles. The summed E-state index contributed by atoms with van der Waals surface area (Å²) in [7, 11) is 7.06. The highest BCUT2D eigenvalue weighted by atomic mass is 16.5. The van der Waals surface area contributed by atoms with Crippen molar-refractivity contribution in [3.05, 3.63) is 81.9 Å². The molecule has 3 aliphatic rings. The Morgan fingerprint density at radius 1 is 0.956 bits per heavy atom. The summed E-state index contributed by atoms with van der Waals surface area (Å²) in [6.45, 7) is 5.65. The van der Waals surface area contributed by atoms with Crippen molar-refractivity contribution in [3.8, 4) is 23.0 Å². The largest absolute Gasteiger partial charge is 0.493 e. The van der Waals surface area contributed by atoms with Crippen LogP contribution in [0.3, 0.4) is 0 Å². The fraction of sp³-hybridized carbons (Fsp3) is 0.400. The molecule has 1 saturated heterocycles. The molecule has 1 amide bonds. The fourth-order valence-corrected chi connectivity index (χ4v) is 6.63. The van der Waals surface area contributed by atoms with Gasteiger partial charge in [0.05, 0.1) is 39.7 Å². The summed E-state index contributed by atoms with van der Waals surface area (Å²) in [5, 5.41) is 0. The summed E-state index contributed by atoms with van der Waals surface area (Å²) < 4.78 is 22.6. The van der Waals surface area contributed by atoms with Crippen molar-refractivity contribution in [3.63, 3.8) is 0 Å². The van der Waals surface area contributed by atoms with E-state index in [-0.39, 0.29) is 23.8 Å². The number of ether oxygens (including phenoxy) is 4. The van der Waals surface area contributed by atoms with Crippen molar-refractivity contribution in [2.24, 2.45) is 15.7 Å². The van der Waals surface area contributed by atoms with Gasteiger partial charge in [0.15, 0.2) is 29.0 Å². The number of hydrogen-bond donors (Lipinski definition) is 1. The van der Waals surface area contributed by atoms with E-state index in [1.807, 2.05) is 42.2 Å². The van der Waals surface area contributed by atoms with Gasteiger partial charge in [-0.25, -0.2) is 0 Å². The highest BCUT2D eigenvalue weighted by molar-refractivity contribution is 6.15. The minimum absolute atomic E-state index is 0.174. The number of rotatable bonds is 7. The molecule has 10 heteroatoms. The Hall–Kier alpha value is -4.57. The van der Waals surface area contributed by atoms with Gasteiger partial charge >= 0.3 is 0 Å². The summed E-state index contributed by atoms with van der Waals surface area (Å²) in [5.41, 5.74) is 13.2. The van der Waals surface area contributed by atoms with Crippen LogP contribution in [-0.4, -0.2) is 88.0 Å². The van der Waals surface area contributed by atoms with Crippen LogP contribution >= 0.6 is 0 Å². The van der Waals surface area contributed by atoms with Gasteiger partial charge in [0.1, 0.15) is 0 Å². The summed E-state index contributed by atoms with van der Waals surface area (Å²) in [6, 6.07) is 15.8. The fourth-order valence-electron chi connectivity index (χ4n) is 6.63. The van der Waals surface area contributed by atoms with Crippen LogP contribution in [0.4, 0.5) is 0 Å². The zero-order chi connectivity index (χ0) is 31.7. The van der Waals surface area contributed by atoms with Gasteiger partial charge in [-0.15, -0.1) is 0 Å². The normalized spacial score (nSPS) is 19.5. The van der Waals surface area contributed by atoms with Crippen LogP contribution in [0.25, 0.3) is 0 Å². The molecule has 0 radical (unpaired) electrons. The van der Waals surface area contributed by atoms with Crippen LogP contribution in [0.5, 0.6) is 23.0 Å². The second-order valence-electron chi connectivity index (χ2n) is 11.7. The third kappa shape index (κ3) is 5.94. The van der Waals surface area contributed by atoms with Crippen molar-refractivity contribution in [2.75, 3.05) is 54.6 Å². The maximum absolute atomic E-state index is 13.2. The molecule has 2 unspecified atom stereocenters. The highest BCUT2D eigenvalue weighted by Crippen LogP contribution is 2.42. The lowest BCUT2D eigenvalue weighted by molar-refractivity contribution is 0.100. The van der Waals surface area contributed by atoms with Crippen LogP contribution in [0.2, 0.25) is 0 Å². The standard InChI is InChI=1S/C35H41N5O5/c1-6-45-32-17-25-26(18-31(32)44-5)33(37-28-12-13-39(2)20-27(25)28)21-7-9-22(10-8-21)34(41)38-35(36)40-14-11-23-15-29(42-3)30(43-4)16-24(23)19-40/h7-10,15-18,27-28H,6,11-14,19-20H2,1-5H3,(H2,36,38,41). The Labute approximate surface area is 264 Å². The lowest BCUT2D eigenvalue weighted by Gasteiger charge is -2.39. The van der Waals surface area contributed by atoms with Crippen LogP contribution in [-0.2, 0) is 13.0 Å². The molecular weight excluding hydrogens is 570 g/mol. The summed E-state index contributed by atoms with van der Waals surface area (Å²) >= 11 is 0. The third-order valence-corrected chi connectivity index (χ3v) is 9.03. The van der Waals surface area contributed by atoms with E-state index in [1.165, 1.54) is 11.1 Å². The zero-order valence-electron chi connectivity index (χ0n) is 26.6. The summed E-state index contributed by atoms with van der Waals surface area (Å²) in [5.74, 6) is 2.88. The van der Waals surface area contributed by atoms with Gasteiger partial charge in [0.25, 0.3) is 5.91 Å². The Kier molecular flexibility index (Phi) is 8.67. The highest BCUT2D eigenvalue weighted by Gasteiger charge is 2.36. The molecule has 3 aliphatic heterocycles. The van der Waals surface area contributed by atoms with Crippen molar-refractivity contribution >= 4 is 17.6 Å². The molecule has 236 valence electrons. The van der Waals surface area contributed by atoms with E-state index >= 15 is 0 Å². The number of likely N-dealkylation sites (N-methyl/N-ethyl adjacent to an activating group) is 1. The van der Waals surface area contributed by atoms with Gasteiger partial charge in [0, 0.05) is 42.2 Å². The Balaban J connectivity index is 1.24. The van der Waals surface area contributed by atoms with E-state index in [2.05, 4.69) is 23.0 Å². The maximum atomic E-state index is 13.2. The predicted octanol–water partition coefficient (Wildman–Crippen LogP) is 4.26. The zero-order valence-corrected chi connectivity index (χ0v) is 26.6.